The molecule has 4 heteroatoms. The van der Waals surface area contributed by atoms with Crippen LogP contribution in [0.25, 0.3) is 0 Å². The van der Waals surface area contributed by atoms with E-state index in [2.05, 4.69) is 6.07 Å². The van der Waals surface area contributed by atoms with Gasteiger partial charge in [-0.25, -0.2) is 0 Å². The van der Waals surface area contributed by atoms with Crippen molar-refractivity contribution in [2.75, 3.05) is 6.61 Å². The molecule has 0 aromatic heterocycles. The summed E-state index contributed by atoms with van der Waals surface area (Å²) in [5.74, 6) is 1.07. The smallest absolute Gasteiger partial charge is 0.187 e. The van der Waals surface area contributed by atoms with E-state index >= 15 is 0 Å². The third kappa shape index (κ3) is 2.88. The lowest BCUT2D eigenvalue weighted by Gasteiger charge is -1.93. The maximum atomic E-state index is 5.30. The first-order chi connectivity index (χ1) is 4.47. The molecular formula is C8H13AlCl2O. The highest BCUT2D eigenvalue weighted by Crippen LogP contribution is 2.23. The fourth-order valence-corrected chi connectivity index (χ4v) is 1.12. The van der Waals surface area contributed by atoms with Gasteiger partial charge >= 0.3 is 0 Å². The van der Waals surface area contributed by atoms with Gasteiger partial charge in [-0.1, -0.05) is 18.2 Å². The van der Waals surface area contributed by atoms with E-state index in [4.69, 9.17) is 4.74 Å². The third-order valence-corrected chi connectivity index (χ3v) is 1.60. The number of hydrogen-bond acceptors (Lipinski definition) is 1. The summed E-state index contributed by atoms with van der Waals surface area (Å²) in [4.78, 5) is 0. The zero-order valence-electron chi connectivity index (χ0n) is 5.95. The lowest BCUT2D eigenvalue weighted by molar-refractivity contribution is 0.357. The minimum atomic E-state index is 0. The highest BCUT2D eigenvalue weighted by atomic mass is 35.5. The average Bonchev–Trinajstić information content (AvgIpc) is 2.33. The minimum Gasteiger partial charge on any atom is -0.493 e. The second-order valence-electron chi connectivity index (χ2n) is 2.21. The largest absolute Gasteiger partial charge is 0.493 e. The van der Waals surface area contributed by atoms with Gasteiger partial charge in [0.15, 0.2) is 17.4 Å². The molecule has 1 nitrogen and oxygen atoms in total. The van der Waals surface area contributed by atoms with Crippen molar-refractivity contribution in [2.24, 2.45) is 0 Å². The van der Waals surface area contributed by atoms with E-state index in [0.29, 0.717) is 0 Å². The molecule has 0 spiro atoms. The van der Waals surface area contributed by atoms with Crippen LogP contribution >= 0.6 is 24.8 Å². The van der Waals surface area contributed by atoms with Crippen molar-refractivity contribution in [3.8, 4) is 5.75 Å². The highest BCUT2D eigenvalue weighted by Gasteiger charge is 2.08. The van der Waals surface area contributed by atoms with Gasteiger partial charge in [-0.05, 0) is 11.6 Å². The number of hydrogen-bond donors (Lipinski definition) is 0. The molecule has 0 saturated heterocycles. The summed E-state index contributed by atoms with van der Waals surface area (Å²) >= 11 is 0. The monoisotopic (exact) mass is 222 g/mol. The van der Waals surface area contributed by atoms with Crippen molar-refractivity contribution < 1.29 is 4.74 Å². The predicted molar refractivity (Wildman–Crippen MR) is 60.1 cm³/mol. The van der Waals surface area contributed by atoms with Crippen molar-refractivity contribution in [3.63, 3.8) is 0 Å². The van der Waals surface area contributed by atoms with Gasteiger partial charge in [0.1, 0.15) is 5.75 Å². The van der Waals surface area contributed by atoms with Crippen molar-refractivity contribution in [3.05, 3.63) is 29.8 Å². The highest BCUT2D eigenvalue weighted by molar-refractivity contribution is 5.85. The summed E-state index contributed by atoms with van der Waals surface area (Å²) in [6.45, 7) is 0.860. The Balaban J connectivity index is 0. The van der Waals surface area contributed by atoms with Crippen molar-refractivity contribution in [2.45, 2.75) is 6.42 Å². The molecule has 0 bridgehead atoms. The molecule has 12 heavy (non-hydrogen) atoms. The van der Waals surface area contributed by atoms with Gasteiger partial charge in [0, 0.05) is 6.42 Å². The Morgan fingerprint density at radius 3 is 2.42 bits per heavy atom. The molecule has 68 valence electrons. The summed E-state index contributed by atoms with van der Waals surface area (Å²) in [7, 11) is 0. The van der Waals surface area contributed by atoms with Crippen molar-refractivity contribution in [1.82, 2.24) is 0 Å². The summed E-state index contributed by atoms with van der Waals surface area (Å²) in [6, 6.07) is 8.18. The topological polar surface area (TPSA) is 9.23 Å². The second kappa shape index (κ2) is 6.63. The lowest BCUT2D eigenvalue weighted by Crippen LogP contribution is -1.85. The number of halogens is 2. The third-order valence-electron chi connectivity index (χ3n) is 1.60. The van der Waals surface area contributed by atoms with Crippen LogP contribution in [0, 0.1) is 0 Å². The molecule has 1 aromatic rings. The molecular weight excluding hydrogens is 210 g/mol. The van der Waals surface area contributed by atoms with E-state index in [0.717, 1.165) is 18.8 Å². The van der Waals surface area contributed by atoms with Crippen LogP contribution in [0.5, 0.6) is 5.75 Å². The molecule has 0 N–H and O–H groups in total. The maximum absolute atomic E-state index is 5.30. The Labute approximate surface area is 95.4 Å². The van der Waals surface area contributed by atoms with E-state index < -0.39 is 0 Å². The van der Waals surface area contributed by atoms with Crippen LogP contribution in [-0.2, 0) is 6.42 Å². The first-order valence-corrected chi connectivity index (χ1v) is 3.17. The van der Waals surface area contributed by atoms with Crippen molar-refractivity contribution >= 4 is 42.2 Å². The maximum Gasteiger partial charge on any atom is 0.187 e. The molecule has 1 aliphatic rings. The predicted octanol–water partition coefficient (Wildman–Crippen LogP) is 1.28. The standard InChI is InChI=1S/C8H8O.Al.2ClH.3H/c1-2-4-8-7(3-1)5-6-9-8;;;;;;/h1-4H,5-6H2;;2*1H;;;. The van der Waals surface area contributed by atoms with Gasteiger partial charge in [-0.2, -0.15) is 0 Å². The summed E-state index contributed by atoms with van der Waals surface area (Å²) in [5, 5.41) is 0. The van der Waals surface area contributed by atoms with Crippen LogP contribution < -0.4 is 4.74 Å². The van der Waals surface area contributed by atoms with Crippen LogP contribution in [-0.4, -0.2) is 24.0 Å². The quantitative estimate of drug-likeness (QED) is 0.602. The van der Waals surface area contributed by atoms with E-state index in [9.17, 15) is 0 Å². The fourth-order valence-electron chi connectivity index (χ4n) is 1.12. The summed E-state index contributed by atoms with van der Waals surface area (Å²) in [5.41, 5.74) is 1.34. The normalized spacial score (nSPS) is 11.0. The number of para-hydroxylation sites is 1. The Morgan fingerprint density at radius 1 is 1.08 bits per heavy atom. The van der Waals surface area contributed by atoms with Gasteiger partial charge in [0.25, 0.3) is 0 Å². The fraction of sp³-hybridized carbons (Fsp3) is 0.250. The van der Waals surface area contributed by atoms with Crippen LogP contribution in [0.1, 0.15) is 5.56 Å². The average molecular weight is 223 g/mol. The zero-order chi connectivity index (χ0) is 6.10. The van der Waals surface area contributed by atoms with Crippen LogP contribution in [0.3, 0.4) is 0 Å². The van der Waals surface area contributed by atoms with E-state index in [1.54, 1.807) is 0 Å². The van der Waals surface area contributed by atoms with E-state index in [1.807, 2.05) is 18.2 Å². The van der Waals surface area contributed by atoms with Gasteiger partial charge in [-0.3, -0.25) is 0 Å². The Morgan fingerprint density at radius 2 is 1.75 bits per heavy atom. The van der Waals surface area contributed by atoms with Gasteiger partial charge in [-0.15, -0.1) is 24.8 Å². The van der Waals surface area contributed by atoms with Crippen LogP contribution in [0.4, 0.5) is 0 Å². The summed E-state index contributed by atoms with van der Waals surface area (Å²) in [6.07, 6.45) is 1.08. The number of ether oxygens (including phenoxy) is 1. The van der Waals surface area contributed by atoms with Crippen molar-refractivity contribution in [1.29, 1.82) is 0 Å². The van der Waals surface area contributed by atoms with Gasteiger partial charge in [0.05, 0.1) is 6.61 Å². The molecule has 0 unspecified atom stereocenters. The lowest BCUT2D eigenvalue weighted by atomic mass is 10.2. The number of benzene rings is 1. The van der Waals surface area contributed by atoms with Crippen LogP contribution in [0.2, 0.25) is 0 Å². The van der Waals surface area contributed by atoms with Gasteiger partial charge < -0.3 is 4.74 Å². The zero-order valence-corrected chi connectivity index (χ0v) is 7.58. The molecule has 0 radical (unpaired) electrons. The molecule has 0 amide bonds. The molecule has 0 atom stereocenters. The summed E-state index contributed by atoms with van der Waals surface area (Å²) < 4.78 is 5.30. The Kier molecular flexibility index (Phi) is 8.09. The van der Waals surface area contributed by atoms with E-state index in [1.165, 1.54) is 5.56 Å². The molecule has 2 rings (SSSR count). The molecule has 0 aliphatic carbocycles. The van der Waals surface area contributed by atoms with Gasteiger partial charge in [0.2, 0.25) is 0 Å². The first-order valence-electron chi connectivity index (χ1n) is 3.17. The second-order valence-corrected chi connectivity index (χ2v) is 2.21. The first kappa shape index (κ1) is 14.6. The Bertz CT molecular complexity index is 207. The molecule has 0 saturated carbocycles. The number of rotatable bonds is 0. The molecule has 1 aliphatic heterocycles. The Hall–Kier alpha value is 0.132. The SMILES string of the molecule is Cl.Cl.[AlH3].c1ccc2c(c1)CCO2. The minimum absolute atomic E-state index is 0. The van der Waals surface area contributed by atoms with E-state index in [-0.39, 0.29) is 42.2 Å². The molecule has 0 fully saturated rings. The molecule has 1 heterocycles. The molecule has 1 aromatic carbocycles. The number of fused-ring (bicyclic) bond motifs is 1. The van der Waals surface area contributed by atoms with Crippen LogP contribution in [0.15, 0.2) is 24.3 Å².